The number of pyridine rings is 1. The predicted molar refractivity (Wildman–Crippen MR) is 130 cm³/mol. The summed E-state index contributed by atoms with van der Waals surface area (Å²) in [5, 5.41) is 10.9. The quantitative estimate of drug-likeness (QED) is 0.436. The van der Waals surface area contributed by atoms with Crippen molar-refractivity contribution in [2.75, 3.05) is 27.4 Å². The molecule has 0 fully saturated rings. The molecule has 0 radical (unpaired) electrons. The van der Waals surface area contributed by atoms with Crippen molar-refractivity contribution in [3.05, 3.63) is 86.8 Å². The summed E-state index contributed by atoms with van der Waals surface area (Å²) in [7, 11) is 2.40. The number of benzene rings is 2. The van der Waals surface area contributed by atoms with Crippen LogP contribution in [0.1, 0.15) is 45.0 Å². The molecule has 1 unspecified atom stereocenters. The number of para-hydroxylation sites is 1. The number of aromatic amines is 1. The lowest BCUT2D eigenvalue weighted by Gasteiger charge is -2.21. The van der Waals surface area contributed by atoms with E-state index in [0.29, 0.717) is 30.9 Å². The first-order valence-corrected chi connectivity index (χ1v) is 11.5. The van der Waals surface area contributed by atoms with Crippen LogP contribution in [0, 0.1) is 0 Å². The molecule has 0 aliphatic carbocycles. The number of methoxy groups -OCH3 is 2. The Balaban J connectivity index is 1.65. The number of aromatic nitrogens is 1. The van der Waals surface area contributed by atoms with E-state index < -0.39 is 29.2 Å². The maximum atomic E-state index is 12.8. The first-order valence-electron chi connectivity index (χ1n) is 11.5. The molecular weight excluding hydrogens is 466 g/mol. The number of aromatic hydroxyl groups is 1. The number of carbonyl (C=O) groups is 2. The minimum Gasteiger partial charge on any atom is -0.506 e. The maximum Gasteiger partial charge on any atom is 0.343 e. The lowest BCUT2D eigenvalue weighted by Crippen LogP contribution is -2.22. The van der Waals surface area contributed by atoms with Gasteiger partial charge in [-0.05, 0) is 23.3 Å². The summed E-state index contributed by atoms with van der Waals surface area (Å²) in [6.07, 6.45) is 2.33. The number of H-pyrrole nitrogens is 1. The molecule has 1 aliphatic heterocycles. The molecule has 9 nitrogen and oxygen atoms in total. The molecule has 0 bridgehead atoms. The van der Waals surface area contributed by atoms with Crippen LogP contribution in [-0.2, 0) is 27.1 Å². The van der Waals surface area contributed by atoms with Crippen molar-refractivity contribution in [2.45, 2.75) is 25.2 Å². The number of nitrogens with one attached hydrogen (secondary N) is 1. The fourth-order valence-corrected chi connectivity index (χ4v) is 4.32. The van der Waals surface area contributed by atoms with E-state index in [2.05, 4.69) is 11.1 Å². The van der Waals surface area contributed by atoms with Gasteiger partial charge in [-0.25, -0.2) is 4.79 Å². The van der Waals surface area contributed by atoms with Gasteiger partial charge >= 0.3 is 11.9 Å². The van der Waals surface area contributed by atoms with E-state index in [1.165, 1.54) is 12.7 Å². The number of hydrogen-bond acceptors (Lipinski definition) is 8. The maximum absolute atomic E-state index is 12.8. The molecule has 0 spiro atoms. The van der Waals surface area contributed by atoms with Gasteiger partial charge in [-0.15, -0.1) is 0 Å². The van der Waals surface area contributed by atoms with Crippen LogP contribution in [0.5, 0.6) is 17.2 Å². The summed E-state index contributed by atoms with van der Waals surface area (Å²) in [5.41, 5.74) is 1.74. The fourth-order valence-electron chi connectivity index (χ4n) is 4.32. The second kappa shape index (κ2) is 11.0. The molecule has 188 valence electrons. The van der Waals surface area contributed by atoms with Crippen LogP contribution in [-0.4, -0.2) is 49.5 Å². The van der Waals surface area contributed by atoms with Crippen LogP contribution < -0.4 is 15.0 Å². The van der Waals surface area contributed by atoms with E-state index in [0.717, 1.165) is 31.0 Å². The highest BCUT2D eigenvalue weighted by molar-refractivity contribution is 5.92. The molecule has 1 aromatic heterocycles. The van der Waals surface area contributed by atoms with Crippen molar-refractivity contribution in [3.8, 4) is 17.2 Å². The van der Waals surface area contributed by atoms with Gasteiger partial charge in [-0.3, -0.25) is 9.59 Å². The second-order valence-electron chi connectivity index (χ2n) is 8.30. The van der Waals surface area contributed by atoms with Crippen molar-refractivity contribution in [1.29, 1.82) is 0 Å². The molecule has 2 N–H and O–H groups in total. The fraction of sp³-hybridized carbons (Fsp3) is 0.296. The van der Waals surface area contributed by atoms with Crippen molar-refractivity contribution >= 4 is 11.9 Å². The molecule has 0 saturated heterocycles. The molecule has 2 aromatic carbocycles. The number of hydrogen-bond donors (Lipinski definition) is 2. The highest BCUT2D eigenvalue weighted by atomic mass is 16.5. The van der Waals surface area contributed by atoms with Gasteiger partial charge in [-0.2, -0.15) is 0 Å². The van der Waals surface area contributed by atoms with E-state index >= 15 is 0 Å². The van der Waals surface area contributed by atoms with Crippen molar-refractivity contribution in [2.24, 2.45) is 0 Å². The van der Waals surface area contributed by atoms with Crippen LogP contribution in [0.2, 0.25) is 0 Å². The van der Waals surface area contributed by atoms with Gasteiger partial charge in [0, 0.05) is 30.5 Å². The van der Waals surface area contributed by atoms with E-state index in [1.807, 2.05) is 12.1 Å². The third-order valence-corrected chi connectivity index (χ3v) is 6.15. The van der Waals surface area contributed by atoms with Gasteiger partial charge in [0.2, 0.25) is 0 Å². The Morgan fingerprint density at radius 1 is 1.14 bits per heavy atom. The Morgan fingerprint density at radius 2 is 1.94 bits per heavy atom. The highest BCUT2D eigenvalue weighted by Crippen LogP contribution is 2.38. The zero-order valence-corrected chi connectivity index (χ0v) is 20.0. The summed E-state index contributed by atoms with van der Waals surface area (Å²) < 4.78 is 21.2. The molecule has 3 aromatic rings. The molecule has 0 saturated carbocycles. The van der Waals surface area contributed by atoms with Crippen molar-refractivity contribution in [3.63, 3.8) is 0 Å². The van der Waals surface area contributed by atoms with Crippen LogP contribution in [0.4, 0.5) is 0 Å². The van der Waals surface area contributed by atoms with E-state index in [4.69, 9.17) is 18.9 Å². The summed E-state index contributed by atoms with van der Waals surface area (Å²) in [6.45, 7) is 1.03. The Morgan fingerprint density at radius 3 is 2.72 bits per heavy atom. The number of carbonyl (C=O) groups excluding carboxylic acids is 2. The first-order chi connectivity index (χ1) is 17.4. The SMILES string of the molecule is COC(=O)CC(c1ccccc1OCCc1ccc2c(c1)CCO2)c1c(O)c(C(=O)OC)c[nH]c1=O. The van der Waals surface area contributed by atoms with Gasteiger partial charge in [0.15, 0.2) is 0 Å². The number of rotatable bonds is 9. The average molecular weight is 494 g/mol. The van der Waals surface area contributed by atoms with Crippen LogP contribution in [0.25, 0.3) is 0 Å². The minimum absolute atomic E-state index is 0.155. The van der Waals surface area contributed by atoms with E-state index in [-0.39, 0.29) is 17.5 Å². The molecule has 4 rings (SSSR count). The Bertz CT molecular complexity index is 1330. The monoisotopic (exact) mass is 493 g/mol. The Hall–Kier alpha value is -4.27. The summed E-state index contributed by atoms with van der Waals surface area (Å²) in [6, 6.07) is 13.0. The van der Waals surface area contributed by atoms with Crippen molar-refractivity contribution in [1.82, 2.24) is 4.98 Å². The van der Waals surface area contributed by atoms with Gasteiger partial charge < -0.3 is 29.0 Å². The highest BCUT2D eigenvalue weighted by Gasteiger charge is 2.30. The Kier molecular flexibility index (Phi) is 7.58. The second-order valence-corrected chi connectivity index (χ2v) is 8.30. The number of esters is 2. The molecule has 1 atom stereocenters. The lowest BCUT2D eigenvalue weighted by molar-refractivity contribution is -0.140. The van der Waals surface area contributed by atoms with Gasteiger partial charge in [0.05, 0.1) is 39.4 Å². The number of ether oxygens (including phenoxy) is 4. The van der Waals surface area contributed by atoms with Crippen LogP contribution in [0.3, 0.4) is 0 Å². The Labute approximate surface area is 207 Å². The van der Waals surface area contributed by atoms with Crippen LogP contribution in [0.15, 0.2) is 53.5 Å². The third-order valence-electron chi connectivity index (χ3n) is 6.15. The largest absolute Gasteiger partial charge is 0.506 e. The molecular formula is C27H27NO8. The van der Waals surface area contributed by atoms with E-state index in [9.17, 15) is 19.5 Å². The predicted octanol–water partition coefficient (Wildman–Crippen LogP) is 3.12. The standard InChI is InChI=1S/C27H27NO8/c1-33-23(29)14-19(24-25(30)20(27(32)34-2)15-28-26(24)31)18-5-3-4-6-22(18)36-11-9-16-7-8-21-17(13-16)10-12-35-21/h3-8,13,15,19H,9-12,14H2,1-2H3,(H2,28,30,31). The molecule has 0 amide bonds. The number of fused-ring (bicyclic) bond motifs is 1. The van der Waals surface area contributed by atoms with E-state index in [1.54, 1.807) is 24.3 Å². The summed E-state index contributed by atoms with van der Waals surface area (Å²) in [5.74, 6) is -1.58. The molecule has 1 aliphatic rings. The van der Waals surface area contributed by atoms with Gasteiger partial charge in [0.1, 0.15) is 22.8 Å². The minimum atomic E-state index is -0.945. The zero-order chi connectivity index (χ0) is 25.7. The smallest absolute Gasteiger partial charge is 0.343 e. The molecule has 2 heterocycles. The first kappa shape index (κ1) is 24.8. The molecule has 36 heavy (non-hydrogen) atoms. The van der Waals surface area contributed by atoms with Gasteiger partial charge in [0.25, 0.3) is 5.56 Å². The summed E-state index contributed by atoms with van der Waals surface area (Å²) >= 11 is 0. The normalized spacial score (nSPS) is 12.8. The zero-order valence-electron chi connectivity index (χ0n) is 20.0. The lowest BCUT2D eigenvalue weighted by atomic mass is 9.87. The third kappa shape index (κ3) is 5.19. The molecule has 9 heteroatoms. The van der Waals surface area contributed by atoms with Gasteiger partial charge in [-0.1, -0.05) is 30.3 Å². The summed E-state index contributed by atoms with van der Waals surface area (Å²) in [4.78, 5) is 39.7. The topological polar surface area (TPSA) is 124 Å². The van der Waals surface area contributed by atoms with Crippen molar-refractivity contribution < 1.29 is 33.6 Å². The van der Waals surface area contributed by atoms with Crippen LogP contribution >= 0.6 is 0 Å². The average Bonchev–Trinajstić information content (AvgIpc) is 3.36.